The van der Waals surface area contributed by atoms with Gasteiger partial charge in [0.05, 0.1) is 31.2 Å². The second-order valence-electron chi connectivity index (χ2n) is 8.97. The van der Waals surface area contributed by atoms with Crippen LogP contribution in [0.4, 0.5) is 20.6 Å². The number of piperazine rings is 1. The van der Waals surface area contributed by atoms with Crippen molar-refractivity contribution >= 4 is 35.3 Å². The first-order valence-corrected chi connectivity index (χ1v) is 12.2. The van der Waals surface area contributed by atoms with Crippen molar-refractivity contribution < 1.29 is 33.0 Å². The number of halogens is 1. The van der Waals surface area contributed by atoms with Gasteiger partial charge < -0.3 is 24.6 Å². The van der Waals surface area contributed by atoms with Crippen molar-refractivity contribution in [2.75, 3.05) is 49.6 Å². The summed E-state index contributed by atoms with van der Waals surface area (Å²) in [7, 11) is 1.29. The molecule has 2 aliphatic heterocycles. The van der Waals surface area contributed by atoms with Gasteiger partial charge in [-0.15, -0.1) is 0 Å². The van der Waals surface area contributed by atoms with Gasteiger partial charge in [0.2, 0.25) is 5.91 Å². The van der Waals surface area contributed by atoms with Crippen LogP contribution in [-0.2, 0) is 19.1 Å². The number of amides is 3. The van der Waals surface area contributed by atoms with Crippen LogP contribution in [0, 0.1) is 5.82 Å². The molecule has 0 radical (unpaired) electrons. The van der Waals surface area contributed by atoms with E-state index in [1.54, 1.807) is 24.0 Å². The molecule has 2 atom stereocenters. The zero-order chi connectivity index (χ0) is 27.2. The molecule has 2 saturated heterocycles. The largest absolute Gasteiger partial charge is 0.469 e. The third kappa shape index (κ3) is 6.15. The quantitative estimate of drug-likeness (QED) is 0.504. The summed E-state index contributed by atoms with van der Waals surface area (Å²) in [5, 5.41) is 2.63. The summed E-state index contributed by atoms with van der Waals surface area (Å²) in [6.07, 6.45) is 3.53. The second-order valence-corrected chi connectivity index (χ2v) is 8.97. The number of cyclic esters (lactones) is 1. The highest BCUT2D eigenvalue weighted by atomic mass is 19.1. The van der Waals surface area contributed by atoms with Crippen molar-refractivity contribution in [2.45, 2.75) is 31.9 Å². The maximum Gasteiger partial charge on any atom is 0.414 e. The number of aromatic nitrogens is 2. The number of esters is 1. The van der Waals surface area contributed by atoms with Crippen LogP contribution in [-0.4, -0.2) is 90.7 Å². The van der Waals surface area contributed by atoms with E-state index in [0.29, 0.717) is 44.0 Å². The van der Waals surface area contributed by atoms with Gasteiger partial charge in [-0.25, -0.2) is 14.2 Å². The third-order valence-corrected chi connectivity index (χ3v) is 6.46. The molecule has 0 spiro atoms. The van der Waals surface area contributed by atoms with E-state index >= 15 is 4.39 Å². The van der Waals surface area contributed by atoms with E-state index < -0.39 is 35.9 Å². The molecule has 1 aromatic heterocycles. The Labute approximate surface area is 218 Å². The van der Waals surface area contributed by atoms with Gasteiger partial charge in [-0.3, -0.25) is 24.3 Å². The third-order valence-electron chi connectivity index (χ3n) is 6.46. The number of benzene rings is 1. The SMILES string of the molecule is COC(=O)CC[C@H]1CN(c2ccc(N3CCN(C(=O)[C@H](C)NC(=O)c4cnccn4)CC3)c(F)c2)C(=O)O1. The molecule has 1 aromatic carbocycles. The Bertz CT molecular complexity index is 1190. The molecule has 0 saturated carbocycles. The number of methoxy groups -OCH3 is 1. The molecule has 12 nitrogen and oxygen atoms in total. The van der Waals surface area contributed by atoms with Crippen LogP contribution in [0.5, 0.6) is 0 Å². The molecule has 38 heavy (non-hydrogen) atoms. The Kier molecular flexibility index (Phi) is 8.34. The van der Waals surface area contributed by atoms with E-state index in [0.717, 1.165) is 0 Å². The minimum Gasteiger partial charge on any atom is -0.469 e. The second kappa shape index (κ2) is 11.8. The molecule has 0 unspecified atom stereocenters. The Balaban J connectivity index is 1.30. The van der Waals surface area contributed by atoms with Crippen LogP contribution in [0.1, 0.15) is 30.3 Å². The summed E-state index contributed by atoms with van der Waals surface area (Å²) in [4.78, 5) is 61.3. The minimum absolute atomic E-state index is 0.120. The molecule has 2 aliphatic rings. The van der Waals surface area contributed by atoms with E-state index in [2.05, 4.69) is 20.0 Å². The van der Waals surface area contributed by atoms with E-state index in [-0.39, 0.29) is 24.6 Å². The molecule has 202 valence electrons. The van der Waals surface area contributed by atoms with E-state index in [4.69, 9.17) is 4.74 Å². The van der Waals surface area contributed by atoms with Gasteiger partial charge >= 0.3 is 12.1 Å². The molecule has 0 aliphatic carbocycles. The fourth-order valence-electron chi connectivity index (χ4n) is 4.37. The van der Waals surface area contributed by atoms with Crippen LogP contribution < -0.4 is 15.1 Å². The summed E-state index contributed by atoms with van der Waals surface area (Å²) in [5.41, 5.74) is 0.841. The number of carbonyl (C=O) groups excluding carboxylic acids is 4. The molecule has 1 N–H and O–H groups in total. The van der Waals surface area contributed by atoms with Gasteiger partial charge in [0, 0.05) is 45.0 Å². The summed E-state index contributed by atoms with van der Waals surface area (Å²) in [6, 6.07) is 3.76. The van der Waals surface area contributed by atoms with Gasteiger partial charge in [0.25, 0.3) is 5.91 Å². The van der Waals surface area contributed by atoms with Gasteiger partial charge in [0.15, 0.2) is 0 Å². The molecule has 2 fully saturated rings. The standard InChI is InChI=1S/C25H29FN6O6/c1-16(29-23(34)20-14-27-7-8-28-20)24(35)31-11-9-30(10-12-31)21-5-3-17(13-19(21)26)32-15-18(38-25(32)36)4-6-22(33)37-2/h3,5,7-8,13-14,16,18H,4,6,9-12,15H2,1-2H3,(H,29,34)/t16-,18-/m0/s1. The summed E-state index contributed by atoms with van der Waals surface area (Å²) < 4.78 is 25.0. The first kappa shape index (κ1) is 26.8. The van der Waals surface area contributed by atoms with E-state index in [1.165, 1.54) is 36.7 Å². The predicted octanol–water partition coefficient (Wildman–Crippen LogP) is 1.36. The highest BCUT2D eigenvalue weighted by Crippen LogP contribution is 2.29. The van der Waals surface area contributed by atoms with Gasteiger partial charge in [0.1, 0.15) is 23.7 Å². The summed E-state index contributed by atoms with van der Waals surface area (Å²) in [6.45, 7) is 3.31. The lowest BCUT2D eigenvalue weighted by Crippen LogP contribution is -2.54. The molecule has 3 amide bonds. The molecule has 13 heteroatoms. The number of ether oxygens (including phenoxy) is 2. The molecule has 0 bridgehead atoms. The fraction of sp³-hybridized carbons (Fsp3) is 0.440. The highest BCUT2D eigenvalue weighted by molar-refractivity contribution is 5.95. The van der Waals surface area contributed by atoms with Gasteiger partial charge in [-0.1, -0.05) is 0 Å². The van der Waals surface area contributed by atoms with E-state index in [9.17, 15) is 19.2 Å². The lowest BCUT2D eigenvalue weighted by molar-refractivity contribution is -0.141. The topological polar surface area (TPSA) is 134 Å². The Morgan fingerprint density at radius 1 is 1.21 bits per heavy atom. The lowest BCUT2D eigenvalue weighted by atomic mass is 10.1. The maximum absolute atomic E-state index is 15.1. The minimum atomic E-state index is -0.760. The van der Waals surface area contributed by atoms with Crippen LogP contribution in [0.15, 0.2) is 36.8 Å². The van der Waals surface area contributed by atoms with Crippen molar-refractivity contribution in [1.82, 2.24) is 20.2 Å². The highest BCUT2D eigenvalue weighted by Gasteiger charge is 2.33. The number of hydrogen-bond donors (Lipinski definition) is 1. The first-order valence-electron chi connectivity index (χ1n) is 12.2. The smallest absolute Gasteiger partial charge is 0.414 e. The number of rotatable bonds is 8. The molecular weight excluding hydrogens is 499 g/mol. The summed E-state index contributed by atoms with van der Waals surface area (Å²) >= 11 is 0. The molecular formula is C25H29FN6O6. The van der Waals surface area contributed by atoms with Crippen molar-refractivity contribution in [3.8, 4) is 0 Å². The summed E-state index contributed by atoms with van der Waals surface area (Å²) in [5.74, 6) is -1.63. The van der Waals surface area contributed by atoms with Gasteiger partial charge in [-0.05, 0) is 31.5 Å². The van der Waals surface area contributed by atoms with Crippen molar-refractivity contribution in [3.63, 3.8) is 0 Å². The lowest BCUT2D eigenvalue weighted by Gasteiger charge is -2.37. The first-order chi connectivity index (χ1) is 18.3. The Morgan fingerprint density at radius 2 is 1.97 bits per heavy atom. The maximum atomic E-state index is 15.1. The van der Waals surface area contributed by atoms with Crippen molar-refractivity contribution in [3.05, 3.63) is 48.3 Å². The number of hydrogen-bond acceptors (Lipinski definition) is 9. The zero-order valence-electron chi connectivity index (χ0n) is 21.1. The molecule has 2 aromatic rings. The van der Waals surface area contributed by atoms with Crippen LogP contribution >= 0.6 is 0 Å². The van der Waals surface area contributed by atoms with Crippen LogP contribution in [0.25, 0.3) is 0 Å². The van der Waals surface area contributed by atoms with E-state index in [1.807, 2.05) is 4.90 Å². The van der Waals surface area contributed by atoms with Gasteiger partial charge in [-0.2, -0.15) is 0 Å². The Hall–Kier alpha value is -4.29. The fourth-order valence-corrected chi connectivity index (χ4v) is 4.37. The normalized spacial score (nSPS) is 18.1. The number of nitrogens with zero attached hydrogens (tertiary/aromatic N) is 5. The van der Waals surface area contributed by atoms with Crippen LogP contribution in [0.3, 0.4) is 0 Å². The number of nitrogens with one attached hydrogen (secondary N) is 1. The monoisotopic (exact) mass is 528 g/mol. The average Bonchev–Trinajstić information content (AvgIpc) is 3.32. The molecule has 4 rings (SSSR count). The number of anilines is 2. The van der Waals surface area contributed by atoms with Crippen molar-refractivity contribution in [2.24, 2.45) is 0 Å². The average molecular weight is 529 g/mol. The van der Waals surface area contributed by atoms with Crippen molar-refractivity contribution in [1.29, 1.82) is 0 Å². The van der Waals surface area contributed by atoms with Crippen LogP contribution in [0.2, 0.25) is 0 Å². The zero-order valence-corrected chi connectivity index (χ0v) is 21.1. The predicted molar refractivity (Wildman–Crippen MR) is 133 cm³/mol. The Morgan fingerprint density at radius 3 is 2.63 bits per heavy atom. The molecule has 3 heterocycles. The number of carbonyl (C=O) groups is 4.